The first-order valence-electron chi connectivity index (χ1n) is 10.6. The fraction of sp³-hybridized carbons (Fsp3) is 0.667. The fourth-order valence-electron chi connectivity index (χ4n) is 3.98. The minimum Gasteiger partial charge on any atom is -0.493 e. The highest BCUT2D eigenvalue weighted by molar-refractivity contribution is 7.90. The Bertz CT molecular complexity index is 981. The van der Waals surface area contributed by atoms with Crippen LogP contribution in [0.25, 0.3) is 0 Å². The molecule has 3 rings (SSSR count). The lowest BCUT2D eigenvalue weighted by Gasteiger charge is -2.33. The Hall–Kier alpha value is -2.05. The van der Waals surface area contributed by atoms with Crippen LogP contribution in [-0.2, 0) is 14.8 Å². The van der Waals surface area contributed by atoms with Crippen LogP contribution < -0.4 is 14.2 Å². The third kappa shape index (κ3) is 5.55. The van der Waals surface area contributed by atoms with Gasteiger partial charge in [0.05, 0.1) is 26.4 Å². The van der Waals surface area contributed by atoms with Gasteiger partial charge in [-0.15, -0.1) is 0 Å². The van der Waals surface area contributed by atoms with E-state index in [4.69, 9.17) is 9.47 Å². The number of halogens is 3. The van der Waals surface area contributed by atoms with E-state index < -0.39 is 39.5 Å². The fourth-order valence-corrected chi connectivity index (χ4v) is 4.46. The van der Waals surface area contributed by atoms with Gasteiger partial charge < -0.3 is 19.5 Å². The number of carbonyl (C=O) groups is 1. The summed E-state index contributed by atoms with van der Waals surface area (Å²) in [6, 6.07) is 5.34. The predicted octanol–water partition coefficient (Wildman–Crippen LogP) is 2.24. The monoisotopic (exact) mass is 494 g/mol. The molecule has 8 nitrogen and oxygen atoms in total. The van der Waals surface area contributed by atoms with Crippen LogP contribution in [0.2, 0.25) is 0 Å². The van der Waals surface area contributed by atoms with Crippen molar-refractivity contribution in [1.29, 1.82) is 0 Å². The Morgan fingerprint density at radius 2 is 2.00 bits per heavy atom. The smallest absolute Gasteiger partial charge is 0.493 e. The molecule has 1 heterocycles. The number of aliphatic hydroxyl groups is 1. The molecular weight excluding hydrogens is 465 g/mol. The van der Waals surface area contributed by atoms with Crippen molar-refractivity contribution in [3.05, 3.63) is 23.8 Å². The number of aliphatic hydroxyl groups excluding tert-OH is 1. The number of rotatable bonds is 9. The molecule has 1 saturated heterocycles. The number of nitrogens with zero attached hydrogens (tertiary/aromatic N) is 1. The van der Waals surface area contributed by atoms with Crippen molar-refractivity contribution in [2.45, 2.75) is 44.2 Å². The van der Waals surface area contributed by atoms with E-state index in [1.807, 2.05) is 0 Å². The van der Waals surface area contributed by atoms with Gasteiger partial charge in [-0.1, -0.05) is 13.0 Å². The molecule has 3 atom stereocenters. The lowest BCUT2D eigenvalue weighted by atomic mass is 9.72. The molecule has 1 aliphatic heterocycles. The average molecular weight is 495 g/mol. The maximum absolute atomic E-state index is 12.6. The molecule has 12 heteroatoms. The second kappa shape index (κ2) is 9.30. The molecule has 2 N–H and O–H groups in total. The lowest BCUT2D eigenvalue weighted by molar-refractivity contribution is -0.129. The zero-order chi connectivity index (χ0) is 24.6. The summed E-state index contributed by atoms with van der Waals surface area (Å²) in [5.41, 5.74) is -5.55. The van der Waals surface area contributed by atoms with Crippen LogP contribution in [0.4, 0.5) is 13.2 Å². The molecule has 1 aromatic rings. The van der Waals surface area contributed by atoms with Gasteiger partial charge in [0.15, 0.2) is 11.5 Å². The van der Waals surface area contributed by atoms with Gasteiger partial charge in [0.25, 0.3) is 0 Å². The van der Waals surface area contributed by atoms with Gasteiger partial charge in [-0.3, -0.25) is 4.79 Å². The molecule has 1 aromatic carbocycles. The third-order valence-corrected chi connectivity index (χ3v) is 7.65. The summed E-state index contributed by atoms with van der Waals surface area (Å²) in [5, 5.41) is 10.5. The van der Waals surface area contributed by atoms with Crippen molar-refractivity contribution >= 4 is 15.9 Å². The van der Waals surface area contributed by atoms with Crippen LogP contribution >= 0.6 is 0 Å². The van der Waals surface area contributed by atoms with Crippen LogP contribution in [0.3, 0.4) is 0 Å². The van der Waals surface area contributed by atoms with E-state index in [0.717, 1.165) is 18.4 Å². The van der Waals surface area contributed by atoms with Crippen molar-refractivity contribution < 1.29 is 41.0 Å². The molecule has 0 spiro atoms. The predicted molar refractivity (Wildman–Crippen MR) is 113 cm³/mol. The molecular formula is C21H29F3N2O6S. The SMILES string of the molecule is COc1ccc(C2CN(C(=O)CNS(=O)(=O)C(F)(F)F)CC2(C)C(C)O)cc1OCC1CC1. The van der Waals surface area contributed by atoms with E-state index in [9.17, 15) is 31.5 Å². The Morgan fingerprint density at radius 3 is 2.55 bits per heavy atom. The zero-order valence-corrected chi connectivity index (χ0v) is 19.5. The molecule has 0 bridgehead atoms. The molecule has 1 saturated carbocycles. The van der Waals surface area contributed by atoms with Crippen molar-refractivity contribution in [3.63, 3.8) is 0 Å². The summed E-state index contributed by atoms with van der Waals surface area (Å²) < 4.78 is 72.7. The number of methoxy groups -OCH3 is 1. The molecule has 186 valence electrons. The summed E-state index contributed by atoms with van der Waals surface area (Å²) in [6.07, 6.45) is 1.37. The van der Waals surface area contributed by atoms with Gasteiger partial charge in [0.1, 0.15) is 0 Å². The number of likely N-dealkylation sites (tertiary alicyclic amines) is 1. The van der Waals surface area contributed by atoms with Gasteiger partial charge in [0, 0.05) is 24.4 Å². The van der Waals surface area contributed by atoms with Crippen LogP contribution in [0.15, 0.2) is 18.2 Å². The van der Waals surface area contributed by atoms with E-state index in [1.54, 1.807) is 32.0 Å². The van der Waals surface area contributed by atoms with E-state index in [-0.39, 0.29) is 19.0 Å². The maximum Gasteiger partial charge on any atom is 0.511 e. The largest absolute Gasteiger partial charge is 0.511 e. The van der Waals surface area contributed by atoms with Crippen molar-refractivity contribution in [1.82, 2.24) is 9.62 Å². The molecule has 1 amide bonds. The minimum absolute atomic E-state index is 0.0478. The van der Waals surface area contributed by atoms with E-state index in [0.29, 0.717) is 24.0 Å². The first-order chi connectivity index (χ1) is 15.3. The molecule has 2 fully saturated rings. The number of hydrogen-bond donors (Lipinski definition) is 2. The summed E-state index contributed by atoms with van der Waals surface area (Å²) >= 11 is 0. The summed E-state index contributed by atoms with van der Waals surface area (Å²) in [5.74, 6) is 0.426. The second-order valence-electron chi connectivity index (χ2n) is 8.94. The summed E-state index contributed by atoms with van der Waals surface area (Å²) in [7, 11) is -4.11. The molecule has 1 aliphatic carbocycles. The Balaban J connectivity index is 1.80. The molecule has 0 radical (unpaired) electrons. The summed E-state index contributed by atoms with van der Waals surface area (Å²) in [6.45, 7) is 3.05. The molecule has 0 aromatic heterocycles. The third-order valence-electron chi connectivity index (χ3n) is 6.52. The topological polar surface area (TPSA) is 105 Å². The van der Waals surface area contributed by atoms with Gasteiger partial charge in [-0.05, 0) is 43.4 Å². The first-order valence-corrected chi connectivity index (χ1v) is 12.1. The number of hydrogen-bond acceptors (Lipinski definition) is 6. The number of nitrogens with one attached hydrogen (secondary N) is 1. The lowest BCUT2D eigenvalue weighted by Crippen LogP contribution is -2.44. The highest BCUT2D eigenvalue weighted by Crippen LogP contribution is 2.47. The highest BCUT2D eigenvalue weighted by Gasteiger charge is 2.49. The minimum atomic E-state index is -5.63. The number of benzene rings is 1. The molecule has 33 heavy (non-hydrogen) atoms. The van der Waals surface area contributed by atoms with E-state index in [1.165, 1.54) is 16.7 Å². The van der Waals surface area contributed by atoms with Gasteiger partial charge in [-0.2, -0.15) is 17.9 Å². The van der Waals surface area contributed by atoms with Crippen molar-refractivity contribution in [3.8, 4) is 11.5 Å². The number of ether oxygens (including phenoxy) is 2. The number of alkyl halides is 3. The van der Waals surface area contributed by atoms with Crippen molar-refractivity contribution in [2.24, 2.45) is 11.3 Å². The van der Waals surface area contributed by atoms with Crippen molar-refractivity contribution in [2.75, 3.05) is 33.4 Å². The standard InChI is InChI=1S/C21H29F3N2O6S/c1-13(27)20(2)12-26(19(28)9-25-33(29,30)21(22,23)24)10-16(20)15-6-7-17(31-3)18(8-15)32-11-14-4-5-14/h6-8,13-14,16,25,27H,4-5,9-12H2,1-3H3. The van der Waals surface area contributed by atoms with Gasteiger partial charge in [-0.25, -0.2) is 8.42 Å². The number of carbonyl (C=O) groups excluding carboxylic acids is 1. The quantitative estimate of drug-likeness (QED) is 0.546. The maximum atomic E-state index is 12.6. The molecule has 3 unspecified atom stereocenters. The Kier molecular flexibility index (Phi) is 7.21. The first kappa shape index (κ1) is 25.6. The Morgan fingerprint density at radius 1 is 1.33 bits per heavy atom. The summed E-state index contributed by atoms with van der Waals surface area (Å²) in [4.78, 5) is 13.8. The van der Waals surface area contributed by atoms with E-state index in [2.05, 4.69) is 0 Å². The van der Waals surface area contributed by atoms with Crippen LogP contribution in [0.5, 0.6) is 11.5 Å². The number of sulfonamides is 1. The highest BCUT2D eigenvalue weighted by atomic mass is 32.2. The molecule has 2 aliphatic rings. The number of amides is 1. The Labute approximate surface area is 191 Å². The average Bonchev–Trinajstić information content (AvgIpc) is 3.50. The van der Waals surface area contributed by atoms with Crippen LogP contribution in [-0.4, -0.2) is 69.3 Å². The van der Waals surface area contributed by atoms with Crippen LogP contribution in [0, 0.1) is 11.3 Å². The van der Waals surface area contributed by atoms with Gasteiger partial charge in [0.2, 0.25) is 5.91 Å². The zero-order valence-electron chi connectivity index (χ0n) is 18.7. The normalized spacial score (nSPS) is 24.6. The van der Waals surface area contributed by atoms with Crippen LogP contribution in [0.1, 0.15) is 38.2 Å². The second-order valence-corrected chi connectivity index (χ2v) is 10.7. The van der Waals surface area contributed by atoms with Gasteiger partial charge >= 0.3 is 15.5 Å². The van der Waals surface area contributed by atoms with E-state index >= 15 is 0 Å².